The highest BCUT2D eigenvalue weighted by Crippen LogP contribution is 2.06. The molecule has 0 aliphatic heterocycles. The summed E-state index contributed by atoms with van der Waals surface area (Å²) in [6, 6.07) is 8.47. The van der Waals surface area contributed by atoms with Crippen molar-refractivity contribution >= 4 is 18.1 Å². The molecule has 1 rings (SSSR count). The number of Topliss-reactive ketones (excluding diaryl/α,β-unsaturated/α-hetero) is 1. The van der Waals surface area contributed by atoms with Gasteiger partial charge >= 0.3 is 12.3 Å². The van der Waals surface area contributed by atoms with Gasteiger partial charge in [0.1, 0.15) is 12.6 Å². The molecule has 0 aliphatic carbocycles. The third-order valence-corrected chi connectivity index (χ3v) is 2.74. The maximum absolute atomic E-state index is 11.7. The Balaban J connectivity index is 2.55. The number of nitrogens with zero attached hydrogens (tertiary/aromatic N) is 2. The van der Waals surface area contributed by atoms with Crippen LogP contribution in [0.5, 0.6) is 0 Å². The predicted octanol–water partition coefficient (Wildman–Crippen LogP) is 2.20. The molecule has 0 unspecified atom stereocenters. The summed E-state index contributed by atoms with van der Waals surface area (Å²) in [7, 11) is 0. The number of alkyl carbamates (subject to hydrolysis) is 1. The van der Waals surface area contributed by atoms with Gasteiger partial charge in [0, 0.05) is 0 Å². The topological polar surface area (TPSA) is 91.8 Å². The van der Waals surface area contributed by atoms with E-state index in [2.05, 4.69) is 10.1 Å². The zero-order chi connectivity index (χ0) is 15.7. The molecule has 0 saturated heterocycles. The molecule has 1 atom stereocenters. The predicted molar refractivity (Wildman–Crippen MR) is 77.7 cm³/mol. The summed E-state index contributed by atoms with van der Waals surface area (Å²) in [6.07, 6.45) is 0.541. The molecule has 1 N–H and O–H groups in total. The molecule has 0 aliphatic rings. The fourth-order valence-electron chi connectivity index (χ4n) is 1.77. The van der Waals surface area contributed by atoms with Crippen LogP contribution in [0.3, 0.4) is 0 Å². The van der Waals surface area contributed by atoms with Crippen molar-refractivity contribution in [3.05, 3.63) is 41.4 Å². The normalized spacial score (nSPS) is 11.4. The number of carbonyl (C=O) groups is 2. The van der Waals surface area contributed by atoms with Crippen molar-refractivity contribution in [2.24, 2.45) is 5.92 Å². The van der Waals surface area contributed by atoms with Crippen LogP contribution >= 0.6 is 0 Å². The van der Waals surface area contributed by atoms with Gasteiger partial charge in [-0.05, 0) is 17.9 Å². The van der Waals surface area contributed by atoms with Gasteiger partial charge in [-0.2, -0.15) is 4.79 Å². The highest BCUT2D eigenvalue weighted by Gasteiger charge is 2.23. The van der Waals surface area contributed by atoms with Crippen molar-refractivity contribution in [3.8, 4) is 0 Å². The third-order valence-electron chi connectivity index (χ3n) is 2.74. The van der Waals surface area contributed by atoms with E-state index < -0.39 is 17.9 Å². The number of amides is 1. The first-order valence-electron chi connectivity index (χ1n) is 6.71. The molecule has 0 saturated carbocycles. The van der Waals surface area contributed by atoms with Crippen molar-refractivity contribution in [1.82, 2.24) is 5.32 Å². The van der Waals surface area contributed by atoms with Gasteiger partial charge in [-0.15, -0.1) is 0 Å². The molecule has 0 heterocycles. The average molecular weight is 289 g/mol. The van der Waals surface area contributed by atoms with Crippen LogP contribution in [0.4, 0.5) is 4.79 Å². The zero-order valence-electron chi connectivity index (χ0n) is 12.2. The lowest BCUT2D eigenvalue weighted by atomic mass is 10.0. The molecule has 0 fully saturated rings. The molecule has 6 heteroatoms. The minimum Gasteiger partial charge on any atom is -0.445 e. The fourth-order valence-corrected chi connectivity index (χ4v) is 1.77. The van der Waals surface area contributed by atoms with E-state index in [4.69, 9.17) is 10.3 Å². The van der Waals surface area contributed by atoms with Gasteiger partial charge in [0.2, 0.25) is 0 Å². The third kappa shape index (κ3) is 6.49. The van der Waals surface area contributed by atoms with Crippen LogP contribution < -0.4 is 5.32 Å². The number of carbonyl (C=O) groups excluding carboxylic acids is 2. The van der Waals surface area contributed by atoms with Crippen molar-refractivity contribution in [2.45, 2.75) is 32.9 Å². The molecular weight excluding hydrogens is 270 g/mol. The monoisotopic (exact) mass is 289 g/mol. The van der Waals surface area contributed by atoms with Crippen LogP contribution in [-0.2, 0) is 16.1 Å². The average Bonchev–Trinajstić information content (AvgIpc) is 2.45. The molecule has 0 radical (unpaired) electrons. The van der Waals surface area contributed by atoms with Crippen molar-refractivity contribution in [3.63, 3.8) is 0 Å². The van der Waals surface area contributed by atoms with Crippen molar-refractivity contribution in [1.29, 1.82) is 0 Å². The summed E-state index contributed by atoms with van der Waals surface area (Å²) in [6.45, 7) is 3.98. The maximum Gasteiger partial charge on any atom is 0.408 e. The van der Waals surface area contributed by atoms with E-state index in [-0.39, 0.29) is 12.5 Å². The molecule has 112 valence electrons. The van der Waals surface area contributed by atoms with Gasteiger partial charge in [0.05, 0.1) is 0 Å². The Hall–Kier alpha value is -2.46. The quantitative estimate of drug-likeness (QED) is 0.474. The van der Waals surface area contributed by atoms with E-state index >= 15 is 0 Å². The molecule has 0 aromatic heterocycles. The largest absolute Gasteiger partial charge is 0.445 e. The van der Waals surface area contributed by atoms with E-state index in [0.717, 1.165) is 11.8 Å². The number of rotatable bonds is 7. The molecule has 6 nitrogen and oxygen atoms in total. The van der Waals surface area contributed by atoms with Gasteiger partial charge < -0.3 is 15.6 Å². The van der Waals surface area contributed by atoms with Gasteiger partial charge in [-0.3, -0.25) is 4.79 Å². The first-order valence-corrected chi connectivity index (χ1v) is 6.71. The number of ketones is 1. The number of ether oxygens (including phenoxy) is 1. The molecule has 1 aromatic carbocycles. The van der Waals surface area contributed by atoms with Crippen LogP contribution in [0, 0.1) is 5.92 Å². The molecule has 0 spiro atoms. The summed E-state index contributed by atoms with van der Waals surface area (Å²) in [4.78, 5) is 26.1. The van der Waals surface area contributed by atoms with Gasteiger partial charge in [-0.1, -0.05) is 44.2 Å². The van der Waals surface area contributed by atoms with Crippen LogP contribution in [0.15, 0.2) is 30.3 Å². The lowest BCUT2D eigenvalue weighted by Crippen LogP contribution is -2.42. The lowest BCUT2D eigenvalue weighted by molar-refractivity contribution is -0.118. The fraction of sp³-hybridized carbons (Fsp3) is 0.400. The minimum absolute atomic E-state index is 0.128. The Morgan fingerprint density at radius 1 is 1.33 bits per heavy atom. The van der Waals surface area contributed by atoms with E-state index in [0.29, 0.717) is 6.42 Å². The van der Waals surface area contributed by atoms with Gasteiger partial charge in [0.15, 0.2) is 0 Å². The summed E-state index contributed by atoms with van der Waals surface area (Å²) in [5.41, 5.74) is 9.27. The van der Waals surface area contributed by atoms with Crippen LogP contribution in [0.2, 0.25) is 0 Å². The second kappa shape index (κ2) is 8.66. The Morgan fingerprint density at radius 2 is 2.00 bits per heavy atom. The summed E-state index contributed by atoms with van der Waals surface area (Å²) in [5.74, 6) is -0.275. The molecular formula is C15H19N3O3. The first-order chi connectivity index (χ1) is 10.0. The zero-order valence-corrected chi connectivity index (χ0v) is 12.2. The summed E-state index contributed by atoms with van der Waals surface area (Å²) < 4.78 is 5.06. The minimum atomic E-state index is -0.760. The Labute approximate surface area is 123 Å². The Morgan fingerprint density at radius 3 is 2.57 bits per heavy atom. The molecule has 1 aromatic rings. The number of nitrogens with one attached hydrogen (secondary N) is 1. The van der Waals surface area contributed by atoms with E-state index in [1.807, 2.05) is 44.2 Å². The van der Waals surface area contributed by atoms with E-state index in [1.54, 1.807) is 0 Å². The second-order valence-electron chi connectivity index (χ2n) is 5.04. The van der Waals surface area contributed by atoms with Crippen LogP contribution in [0.25, 0.3) is 5.53 Å². The SMILES string of the molecule is CC(C)C[C@@H](NC(=O)OCc1ccccc1)C(=O)C=[N+]=[N-]. The highest BCUT2D eigenvalue weighted by molar-refractivity contribution is 6.28. The van der Waals surface area contributed by atoms with Crippen molar-refractivity contribution < 1.29 is 19.1 Å². The van der Waals surface area contributed by atoms with E-state index in [1.165, 1.54) is 0 Å². The van der Waals surface area contributed by atoms with E-state index in [9.17, 15) is 9.59 Å². The van der Waals surface area contributed by atoms with Gasteiger partial charge in [0.25, 0.3) is 5.78 Å². The summed E-state index contributed by atoms with van der Waals surface area (Å²) >= 11 is 0. The maximum atomic E-state index is 11.7. The van der Waals surface area contributed by atoms with Gasteiger partial charge in [-0.25, -0.2) is 4.79 Å². The molecule has 21 heavy (non-hydrogen) atoms. The van der Waals surface area contributed by atoms with Crippen LogP contribution in [-0.4, -0.2) is 28.9 Å². The number of hydrogen-bond donors (Lipinski definition) is 1. The standard InChI is InChI=1S/C15H19N3O3/c1-11(2)8-13(14(19)9-17-16)18-15(20)21-10-12-6-4-3-5-7-12/h3-7,9,11,13H,8,10H2,1-2H3,(H,18,20)/t13-/m1/s1. The highest BCUT2D eigenvalue weighted by atomic mass is 16.5. The second-order valence-corrected chi connectivity index (χ2v) is 5.04. The summed E-state index contributed by atoms with van der Waals surface area (Å²) in [5, 5.41) is 2.49. The number of hydrogen-bond acceptors (Lipinski definition) is 3. The Kier molecular flexibility index (Phi) is 6.84. The molecule has 0 bridgehead atoms. The van der Waals surface area contributed by atoms with Crippen molar-refractivity contribution in [2.75, 3.05) is 0 Å². The molecule has 1 amide bonds. The lowest BCUT2D eigenvalue weighted by Gasteiger charge is -2.16. The Bertz CT molecular complexity index is 522. The van der Waals surface area contributed by atoms with Crippen LogP contribution in [0.1, 0.15) is 25.8 Å². The first kappa shape index (κ1) is 16.6. The smallest absolute Gasteiger partial charge is 0.408 e. The number of benzene rings is 1.